The highest BCUT2D eigenvalue weighted by atomic mass is 35.5. The first-order valence-electron chi connectivity index (χ1n) is 5.91. The minimum Gasteiger partial charge on any atom is -0.484 e. The van der Waals surface area contributed by atoms with Crippen LogP contribution in [-0.4, -0.2) is 18.8 Å². The van der Waals surface area contributed by atoms with E-state index >= 15 is 0 Å². The van der Waals surface area contributed by atoms with Gasteiger partial charge in [0.15, 0.2) is 6.61 Å². The zero-order valence-electron chi connectivity index (χ0n) is 10.5. The van der Waals surface area contributed by atoms with Gasteiger partial charge in [-0.15, -0.1) is 0 Å². The SMILES string of the molecule is O=Cc1cccc(NC(=O)COc2ccc(Cl)cc2)c1. The predicted octanol–water partition coefficient (Wildman–Crippen LogP) is 3.17. The quantitative estimate of drug-likeness (QED) is 0.860. The summed E-state index contributed by atoms with van der Waals surface area (Å²) in [5.74, 6) is 0.259. The Morgan fingerprint density at radius 2 is 1.95 bits per heavy atom. The Labute approximate surface area is 121 Å². The van der Waals surface area contributed by atoms with E-state index in [0.29, 0.717) is 22.0 Å². The summed E-state index contributed by atoms with van der Waals surface area (Å²) in [7, 11) is 0. The molecule has 2 aromatic carbocycles. The highest BCUT2D eigenvalue weighted by Crippen LogP contribution is 2.15. The number of anilines is 1. The third kappa shape index (κ3) is 4.10. The van der Waals surface area contributed by atoms with Gasteiger partial charge in [-0.3, -0.25) is 9.59 Å². The van der Waals surface area contributed by atoms with Crippen molar-refractivity contribution in [1.29, 1.82) is 0 Å². The van der Waals surface area contributed by atoms with Crippen LogP contribution in [0.1, 0.15) is 10.4 Å². The van der Waals surface area contributed by atoms with Crippen molar-refractivity contribution in [1.82, 2.24) is 0 Å². The molecule has 0 saturated heterocycles. The lowest BCUT2D eigenvalue weighted by Gasteiger charge is -2.07. The van der Waals surface area contributed by atoms with Crippen molar-refractivity contribution in [2.24, 2.45) is 0 Å². The number of hydrogen-bond donors (Lipinski definition) is 1. The monoisotopic (exact) mass is 289 g/mol. The molecule has 0 aliphatic rings. The molecule has 0 bridgehead atoms. The molecule has 1 amide bonds. The van der Waals surface area contributed by atoms with Gasteiger partial charge >= 0.3 is 0 Å². The summed E-state index contributed by atoms with van der Waals surface area (Å²) in [6.07, 6.45) is 0.722. The minimum absolute atomic E-state index is 0.118. The van der Waals surface area contributed by atoms with Crippen LogP contribution in [0.4, 0.5) is 5.69 Å². The zero-order chi connectivity index (χ0) is 14.4. The molecule has 0 aromatic heterocycles. The third-order valence-corrected chi connectivity index (χ3v) is 2.74. The fourth-order valence-electron chi connectivity index (χ4n) is 1.57. The maximum atomic E-state index is 11.7. The van der Waals surface area contributed by atoms with Crippen LogP contribution in [0.3, 0.4) is 0 Å². The van der Waals surface area contributed by atoms with Crippen molar-refractivity contribution in [2.75, 3.05) is 11.9 Å². The van der Waals surface area contributed by atoms with Gasteiger partial charge in [0, 0.05) is 16.3 Å². The van der Waals surface area contributed by atoms with Gasteiger partial charge in [-0.25, -0.2) is 0 Å². The summed E-state index contributed by atoms with van der Waals surface area (Å²) in [6, 6.07) is 13.4. The van der Waals surface area contributed by atoms with E-state index < -0.39 is 0 Å². The van der Waals surface area contributed by atoms with Crippen LogP contribution in [0.15, 0.2) is 48.5 Å². The number of nitrogens with one attached hydrogen (secondary N) is 1. The molecule has 0 aliphatic carbocycles. The second-order valence-electron chi connectivity index (χ2n) is 4.03. The van der Waals surface area contributed by atoms with Crippen molar-refractivity contribution >= 4 is 29.5 Å². The molecule has 0 fully saturated rings. The number of benzene rings is 2. The van der Waals surface area contributed by atoms with E-state index in [1.807, 2.05) is 0 Å². The van der Waals surface area contributed by atoms with E-state index in [1.54, 1.807) is 48.5 Å². The van der Waals surface area contributed by atoms with Gasteiger partial charge in [0.25, 0.3) is 5.91 Å². The summed E-state index contributed by atoms with van der Waals surface area (Å²) < 4.78 is 5.31. The van der Waals surface area contributed by atoms with E-state index in [4.69, 9.17) is 16.3 Å². The summed E-state index contributed by atoms with van der Waals surface area (Å²) in [5, 5.41) is 3.25. The standard InChI is InChI=1S/C15H12ClNO3/c16-12-4-6-14(7-5-12)20-10-15(19)17-13-3-1-2-11(8-13)9-18/h1-9H,10H2,(H,17,19). The molecule has 0 radical (unpaired) electrons. The van der Waals surface area contributed by atoms with Crippen molar-refractivity contribution in [3.63, 3.8) is 0 Å². The molecule has 4 nitrogen and oxygen atoms in total. The van der Waals surface area contributed by atoms with E-state index in [9.17, 15) is 9.59 Å². The second kappa shape index (κ2) is 6.73. The van der Waals surface area contributed by atoms with E-state index in [0.717, 1.165) is 6.29 Å². The van der Waals surface area contributed by atoms with Crippen molar-refractivity contribution in [3.05, 3.63) is 59.1 Å². The second-order valence-corrected chi connectivity index (χ2v) is 4.47. The average molecular weight is 290 g/mol. The molecule has 0 heterocycles. The van der Waals surface area contributed by atoms with Crippen molar-refractivity contribution < 1.29 is 14.3 Å². The van der Waals surface area contributed by atoms with Gasteiger partial charge < -0.3 is 10.1 Å². The topological polar surface area (TPSA) is 55.4 Å². The molecule has 2 rings (SSSR count). The van der Waals surface area contributed by atoms with Crippen LogP contribution >= 0.6 is 11.6 Å². The number of ether oxygens (including phenoxy) is 1. The Balaban J connectivity index is 1.88. The van der Waals surface area contributed by atoms with Gasteiger partial charge in [-0.2, -0.15) is 0 Å². The zero-order valence-corrected chi connectivity index (χ0v) is 11.3. The molecule has 5 heteroatoms. The molecule has 0 aliphatic heterocycles. The van der Waals surface area contributed by atoms with Gasteiger partial charge in [0.2, 0.25) is 0 Å². The molecule has 0 atom stereocenters. The van der Waals surface area contributed by atoms with Crippen LogP contribution in [0.2, 0.25) is 5.02 Å². The van der Waals surface area contributed by atoms with Crippen LogP contribution in [-0.2, 0) is 4.79 Å². The molecule has 0 unspecified atom stereocenters. The first-order valence-corrected chi connectivity index (χ1v) is 6.28. The predicted molar refractivity (Wildman–Crippen MR) is 77.4 cm³/mol. The van der Waals surface area contributed by atoms with E-state index in [1.165, 1.54) is 0 Å². The maximum Gasteiger partial charge on any atom is 0.262 e. The third-order valence-electron chi connectivity index (χ3n) is 2.49. The number of aldehydes is 1. The molecule has 0 spiro atoms. The Kier molecular flexibility index (Phi) is 4.74. The first-order chi connectivity index (χ1) is 9.67. The Bertz CT molecular complexity index is 611. The summed E-state index contributed by atoms with van der Waals surface area (Å²) >= 11 is 5.75. The molecular weight excluding hydrogens is 278 g/mol. The number of amides is 1. The summed E-state index contributed by atoms with van der Waals surface area (Å²) in [4.78, 5) is 22.3. The Morgan fingerprint density at radius 3 is 2.65 bits per heavy atom. The van der Waals surface area contributed by atoms with Gasteiger partial charge in [-0.05, 0) is 36.4 Å². The van der Waals surface area contributed by atoms with Gasteiger partial charge in [0.05, 0.1) is 0 Å². The van der Waals surface area contributed by atoms with Crippen LogP contribution in [0.5, 0.6) is 5.75 Å². The van der Waals surface area contributed by atoms with Crippen LogP contribution < -0.4 is 10.1 Å². The summed E-state index contributed by atoms with van der Waals surface area (Å²) in [5.41, 5.74) is 1.06. The largest absolute Gasteiger partial charge is 0.484 e. The first kappa shape index (κ1) is 14.1. The number of halogens is 1. The lowest BCUT2D eigenvalue weighted by atomic mass is 10.2. The number of carbonyl (C=O) groups is 2. The number of rotatable bonds is 5. The number of carbonyl (C=O) groups excluding carboxylic acids is 2. The fourth-order valence-corrected chi connectivity index (χ4v) is 1.69. The van der Waals surface area contributed by atoms with Gasteiger partial charge in [0.1, 0.15) is 12.0 Å². The van der Waals surface area contributed by atoms with E-state index in [2.05, 4.69) is 5.32 Å². The number of hydrogen-bond acceptors (Lipinski definition) is 3. The van der Waals surface area contributed by atoms with Crippen molar-refractivity contribution in [3.8, 4) is 5.75 Å². The summed E-state index contributed by atoms with van der Waals surface area (Å²) in [6.45, 7) is -0.118. The highest BCUT2D eigenvalue weighted by molar-refractivity contribution is 6.30. The Morgan fingerprint density at radius 1 is 1.20 bits per heavy atom. The fraction of sp³-hybridized carbons (Fsp3) is 0.0667. The molecule has 20 heavy (non-hydrogen) atoms. The minimum atomic E-state index is -0.303. The maximum absolute atomic E-state index is 11.7. The van der Waals surface area contributed by atoms with Crippen LogP contribution in [0, 0.1) is 0 Å². The molecule has 102 valence electrons. The highest BCUT2D eigenvalue weighted by Gasteiger charge is 2.04. The van der Waals surface area contributed by atoms with Gasteiger partial charge in [-0.1, -0.05) is 23.7 Å². The molecular formula is C15H12ClNO3. The normalized spacial score (nSPS) is 9.85. The smallest absolute Gasteiger partial charge is 0.262 e. The average Bonchev–Trinajstić information content (AvgIpc) is 2.47. The lowest BCUT2D eigenvalue weighted by molar-refractivity contribution is -0.118. The Hall–Kier alpha value is -2.33. The molecule has 0 saturated carbocycles. The van der Waals surface area contributed by atoms with Crippen molar-refractivity contribution in [2.45, 2.75) is 0 Å². The molecule has 1 N–H and O–H groups in total. The lowest BCUT2D eigenvalue weighted by Crippen LogP contribution is -2.20. The van der Waals surface area contributed by atoms with E-state index in [-0.39, 0.29) is 12.5 Å². The molecule has 2 aromatic rings. The van der Waals surface area contributed by atoms with Crippen LogP contribution in [0.25, 0.3) is 0 Å².